The quantitative estimate of drug-likeness (QED) is 0.352. The maximum atomic E-state index is 12.8. The average Bonchev–Trinajstić information content (AvgIpc) is 3.06. The first-order valence-corrected chi connectivity index (χ1v) is 18.3. The van der Waals surface area contributed by atoms with Crippen LogP contribution in [0.3, 0.4) is 0 Å². The number of hydrogen-bond donors (Lipinski definition) is 1. The number of esters is 1. The number of benzene rings is 1. The van der Waals surface area contributed by atoms with Gasteiger partial charge in [-0.1, -0.05) is 65.8 Å². The van der Waals surface area contributed by atoms with E-state index in [4.69, 9.17) is 18.3 Å². The van der Waals surface area contributed by atoms with Crippen molar-refractivity contribution in [2.24, 2.45) is 5.92 Å². The van der Waals surface area contributed by atoms with E-state index in [1.54, 1.807) is 0 Å². The summed E-state index contributed by atoms with van der Waals surface area (Å²) in [4.78, 5) is 12.8. The van der Waals surface area contributed by atoms with Gasteiger partial charge < -0.3 is 23.4 Å². The van der Waals surface area contributed by atoms with Crippen molar-refractivity contribution >= 4 is 22.6 Å². The Hall–Kier alpha value is -1.46. The maximum Gasteiger partial charge on any atom is 0.335 e. The van der Waals surface area contributed by atoms with E-state index in [9.17, 15) is 9.90 Å². The number of rotatable bonds is 6. The van der Waals surface area contributed by atoms with E-state index >= 15 is 0 Å². The minimum Gasteiger partial charge on any atom is -0.496 e. The number of carbonyl (C=O) groups is 1. The fraction of sp³-hybridized carbons (Fsp3) is 0.667. The monoisotopic (exact) mass is 520 g/mol. The second-order valence-corrected chi connectivity index (χ2v) is 22.4. The van der Waals surface area contributed by atoms with E-state index in [2.05, 4.69) is 73.8 Å². The molecule has 0 fully saturated rings. The van der Waals surface area contributed by atoms with Crippen molar-refractivity contribution in [1.82, 2.24) is 0 Å². The summed E-state index contributed by atoms with van der Waals surface area (Å²) in [5.41, 5.74) is 0.574. The Morgan fingerprint density at radius 2 is 1.46 bits per heavy atom. The van der Waals surface area contributed by atoms with Crippen molar-refractivity contribution in [2.75, 3.05) is 13.7 Å². The van der Waals surface area contributed by atoms with Crippen LogP contribution in [-0.4, -0.2) is 47.0 Å². The molecule has 196 valence electrons. The van der Waals surface area contributed by atoms with Gasteiger partial charge in [-0.15, -0.1) is 0 Å². The summed E-state index contributed by atoms with van der Waals surface area (Å²) >= 11 is 0. The Balaban J connectivity index is 2.30. The van der Waals surface area contributed by atoms with E-state index in [1.165, 1.54) is 13.2 Å². The molecule has 4 atom stereocenters. The van der Waals surface area contributed by atoms with Gasteiger partial charge in [-0.2, -0.15) is 0 Å². The molecule has 8 heteroatoms. The van der Waals surface area contributed by atoms with Crippen LogP contribution < -0.4 is 0 Å². The summed E-state index contributed by atoms with van der Waals surface area (Å²) < 4.78 is 26.0. The van der Waals surface area contributed by atoms with Crippen molar-refractivity contribution in [3.05, 3.63) is 47.2 Å². The molecule has 1 aromatic rings. The van der Waals surface area contributed by atoms with Gasteiger partial charge in [0.1, 0.15) is 6.10 Å². The van der Waals surface area contributed by atoms with Crippen molar-refractivity contribution < 1.29 is 28.2 Å². The number of aliphatic hydroxyl groups is 1. The summed E-state index contributed by atoms with van der Waals surface area (Å²) in [7, 11) is -3.09. The van der Waals surface area contributed by atoms with Crippen LogP contribution in [-0.2, 0) is 23.1 Å². The summed E-state index contributed by atoms with van der Waals surface area (Å²) in [5.74, 6) is -0.711. The first-order valence-electron chi connectivity index (χ1n) is 12.5. The lowest BCUT2D eigenvalue weighted by Crippen LogP contribution is -2.59. The zero-order valence-electron chi connectivity index (χ0n) is 23.3. The molecule has 0 radical (unpaired) electrons. The summed E-state index contributed by atoms with van der Waals surface area (Å²) in [6.07, 6.45) is 0.275. The van der Waals surface area contributed by atoms with Crippen molar-refractivity contribution in [3.63, 3.8) is 0 Å². The molecule has 1 aromatic carbocycles. The van der Waals surface area contributed by atoms with Crippen molar-refractivity contribution in [1.29, 1.82) is 0 Å². The lowest BCUT2D eigenvalue weighted by molar-refractivity contribution is -0.187. The smallest absolute Gasteiger partial charge is 0.335 e. The van der Waals surface area contributed by atoms with Gasteiger partial charge in [0.05, 0.1) is 31.8 Å². The third-order valence-electron chi connectivity index (χ3n) is 8.66. The molecule has 6 nitrogen and oxygen atoms in total. The zero-order chi connectivity index (χ0) is 26.6. The molecule has 2 aliphatic rings. The zero-order valence-corrected chi connectivity index (χ0v) is 25.3. The molecular formula is C27H44O6Si2. The normalized spacial score (nSPS) is 27.5. The molecule has 1 aliphatic heterocycles. The van der Waals surface area contributed by atoms with Crippen LogP contribution in [0, 0.1) is 5.92 Å². The Morgan fingerprint density at radius 3 is 1.94 bits per heavy atom. The Morgan fingerprint density at radius 1 is 0.943 bits per heavy atom. The SMILES string of the molecule is COC1=CC(=O)O[C@]12[C@H](O[Si](C)(C)C(C)(C)C)c1ccccc1[C@H](O[Si](C)(C)C(C)(C)C)[C@@H]2CO. The Kier molecular flexibility index (Phi) is 7.34. The van der Waals surface area contributed by atoms with Crippen LogP contribution in [0.2, 0.25) is 36.3 Å². The van der Waals surface area contributed by atoms with E-state index in [1.807, 2.05) is 18.2 Å². The van der Waals surface area contributed by atoms with Crippen LogP contribution in [0.4, 0.5) is 0 Å². The number of aliphatic hydroxyl groups excluding tert-OH is 1. The highest BCUT2D eigenvalue weighted by molar-refractivity contribution is 6.74. The topological polar surface area (TPSA) is 74.2 Å². The van der Waals surface area contributed by atoms with E-state index in [0.717, 1.165) is 11.1 Å². The second kappa shape index (κ2) is 9.13. The van der Waals surface area contributed by atoms with Crippen LogP contribution in [0.25, 0.3) is 0 Å². The molecule has 1 aliphatic carbocycles. The number of hydrogen-bond acceptors (Lipinski definition) is 6. The summed E-state index contributed by atoms with van der Waals surface area (Å²) in [6.45, 7) is 21.6. The number of methoxy groups -OCH3 is 1. The molecule has 0 bridgehead atoms. The lowest BCUT2D eigenvalue weighted by Gasteiger charge is -2.54. The largest absolute Gasteiger partial charge is 0.496 e. The molecule has 1 spiro atoms. The minimum atomic E-state index is -2.35. The lowest BCUT2D eigenvalue weighted by atomic mass is 9.68. The molecule has 0 aromatic heterocycles. The molecule has 0 amide bonds. The molecule has 0 unspecified atom stereocenters. The highest BCUT2D eigenvalue weighted by Crippen LogP contribution is 2.59. The number of ether oxygens (including phenoxy) is 2. The van der Waals surface area contributed by atoms with Crippen molar-refractivity contribution in [3.8, 4) is 0 Å². The molecule has 0 saturated carbocycles. The molecule has 1 heterocycles. The molecule has 1 N–H and O–H groups in total. The van der Waals surface area contributed by atoms with Gasteiger partial charge in [-0.3, -0.25) is 0 Å². The standard InChI is InChI=1S/C27H44O6Si2/c1-25(2,3)34(8,9)32-23-18-14-12-13-15-19(18)24(33-35(10,11)26(4,5)6)27(20(23)17-28)21(30-7)16-22(29)31-27/h12-16,20,23-24,28H,17H2,1-11H3/t20-,23-,24+,27-/m0/s1. The molecular weight excluding hydrogens is 476 g/mol. The molecule has 35 heavy (non-hydrogen) atoms. The Labute approximate surface area is 213 Å². The first kappa shape index (κ1) is 28.1. The molecule has 0 saturated heterocycles. The first-order chi connectivity index (χ1) is 15.9. The highest BCUT2D eigenvalue weighted by atomic mass is 28.4. The van der Waals surface area contributed by atoms with Gasteiger partial charge in [0.2, 0.25) is 5.60 Å². The van der Waals surface area contributed by atoms with Crippen LogP contribution >= 0.6 is 0 Å². The van der Waals surface area contributed by atoms with E-state index in [-0.39, 0.29) is 16.7 Å². The van der Waals surface area contributed by atoms with Crippen LogP contribution in [0.15, 0.2) is 36.1 Å². The predicted octanol–water partition coefficient (Wildman–Crippen LogP) is 6.26. The van der Waals surface area contributed by atoms with Gasteiger partial charge in [-0.25, -0.2) is 4.79 Å². The van der Waals surface area contributed by atoms with Gasteiger partial charge >= 0.3 is 5.97 Å². The van der Waals surface area contributed by atoms with Crippen molar-refractivity contribution in [2.45, 2.75) is 95.6 Å². The van der Waals surface area contributed by atoms with Gasteiger partial charge in [0, 0.05) is 0 Å². The highest BCUT2D eigenvalue weighted by Gasteiger charge is 2.65. The van der Waals surface area contributed by atoms with E-state index < -0.39 is 46.3 Å². The second-order valence-electron chi connectivity index (χ2n) is 12.9. The fourth-order valence-corrected chi connectivity index (χ4v) is 7.02. The number of fused-ring (bicyclic) bond motifs is 1. The fourth-order valence-electron chi connectivity index (χ4n) is 4.50. The van der Waals surface area contributed by atoms with Crippen LogP contribution in [0.5, 0.6) is 0 Å². The van der Waals surface area contributed by atoms with E-state index in [0.29, 0.717) is 5.76 Å². The summed E-state index contributed by atoms with van der Waals surface area (Å²) in [6, 6.07) is 8.05. The predicted molar refractivity (Wildman–Crippen MR) is 143 cm³/mol. The summed E-state index contributed by atoms with van der Waals surface area (Å²) in [5, 5.41) is 10.8. The third kappa shape index (κ3) is 4.68. The minimum absolute atomic E-state index is 0.0458. The maximum absolute atomic E-state index is 12.8. The van der Waals surface area contributed by atoms with Gasteiger partial charge in [0.25, 0.3) is 0 Å². The molecule has 3 rings (SSSR count). The van der Waals surface area contributed by atoms with Gasteiger partial charge in [0.15, 0.2) is 22.4 Å². The Bertz CT molecular complexity index is 988. The van der Waals surface area contributed by atoms with Gasteiger partial charge in [-0.05, 0) is 47.4 Å². The number of carbonyl (C=O) groups excluding carboxylic acids is 1. The van der Waals surface area contributed by atoms with Crippen LogP contribution in [0.1, 0.15) is 64.9 Å². The third-order valence-corrected chi connectivity index (χ3v) is 17.6. The average molecular weight is 521 g/mol.